The molecule has 4 aliphatic rings. The second-order valence-electron chi connectivity index (χ2n) is 20.8. The Labute approximate surface area is 433 Å². The van der Waals surface area contributed by atoms with E-state index in [-0.39, 0.29) is 73.5 Å². The van der Waals surface area contributed by atoms with Crippen LogP contribution in [-0.4, -0.2) is 143 Å². The molecule has 3 aromatic rings. The van der Waals surface area contributed by atoms with Crippen molar-refractivity contribution in [2.75, 3.05) is 27.2 Å². The zero-order valence-electron chi connectivity index (χ0n) is 43.4. The van der Waals surface area contributed by atoms with E-state index in [1.54, 1.807) is 46.1 Å². The molecule has 0 bridgehead atoms. The number of likely N-dealkylation sites (tertiary alicyclic amines) is 2. The molecule has 2 aliphatic heterocycles. The van der Waals surface area contributed by atoms with Gasteiger partial charge in [0.25, 0.3) is 0 Å². The van der Waals surface area contributed by atoms with Crippen molar-refractivity contribution in [1.29, 1.82) is 0 Å². The molecule has 74 heavy (non-hydrogen) atoms. The lowest BCUT2D eigenvalue weighted by Gasteiger charge is -2.32. The zero-order valence-corrected chi connectivity index (χ0v) is 43.4. The van der Waals surface area contributed by atoms with Gasteiger partial charge in [0.1, 0.15) is 24.2 Å². The lowest BCUT2D eigenvalue weighted by Crippen LogP contribution is -2.59. The van der Waals surface area contributed by atoms with E-state index in [4.69, 9.17) is 0 Å². The molecule has 0 spiro atoms. The summed E-state index contributed by atoms with van der Waals surface area (Å²) in [5.74, 6) is -4.75. The lowest BCUT2D eigenvalue weighted by atomic mass is 9.87. The summed E-state index contributed by atoms with van der Waals surface area (Å²) >= 11 is 0. The molecule has 8 N–H and O–H groups in total. The van der Waals surface area contributed by atoms with Gasteiger partial charge in [0, 0.05) is 37.1 Å². The highest BCUT2D eigenvalue weighted by molar-refractivity contribution is 6.02. The van der Waals surface area contributed by atoms with Crippen molar-refractivity contribution >= 4 is 47.0 Å². The van der Waals surface area contributed by atoms with Crippen LogP contribution in [0.5, 0.6) is 0 Å². The first-order valence-electron chi connectivity index (χ1n) is 26.2. The molecule has 2 saturated heterocycles. The molecule has 0 saturated carbocycles. The number of hydrogen-bond donors (Lipinski definition) is 8. The second-order valence-corrected chi connectivity index (χ2v) is 20.8. The van der Waals surface area contributed by atoms with Crippen LogP contribution >= 0.6 is 0 Å². The molecule has 18 heteroatoms. The molecule has 0 radical (unpaired) electrons. The second kappa shape index (κ2) is 24.8. The Bertz CT molecular complexity index is 2400. The molecule has 2 fully saturated rings. The van der Waals surface area contributed by atoms with Crippen LogP contribution in [0, 0.1) is 11.8 Å². The maximum atomic E-state index is 14.3. The van der Waals surface area contributed by atoms with Crippen molar-refractivity contribution in [3.05, 3.63) is 106 Å². The van der Waals surface area contributed by atoms with Gasteiger partial charge in [0.05, 0.1) is 36.4 Å². The van der Waals surface area contributed by atoms with Crippen molar-refractivity contribution in [3.8, 4) is 0 Å². The third-order valence-electron chi connectivity index (χ3n) is 15.5. The third kappa shape index (κ3) is 12.9. The molecule has 2 aliphatic carbocycles. The van der Waals surface area contributed by atoms with Crippen LogP contribution in [0.1, 0.15) is 134 Å². The molecule has 2 heterocycles. The largest absolute Gasteiger partial charge is 0.391 e. The van der Waals surface area contributed by atoms with Crippen molar-refractivity contribution in [1.82, 2.24) is 41.7 Å². The van der Waals surface area contributed by atoms with Crippen molar-refractivity contribution < 1.29 is 48.6 Å². The van der Waals surface area contributed by atoms with E-state index < -0.39 is 95.7 Å². The number of carbonyl (C=O) groups is 8. The van der Waals surface area contributed by atoms with Gasteiger partial charge in [-0.25, -0.2) is 0 Å². The number of ketones is 2. The van der Waals surface area contributed by atoms with Crippen LogP contribution in [-0.2, 0) is 41.6 Å². The Balaban J connectivity index is 1.07. The molecule has 18 nitrogen and oxygen atoms in total. The van der Waals surface area contributed by atoms with Gasteiger partial charge in [0.2, 0.25) is 35.4 Å². The van der Waals surface area contributed by atoms with Crippen LogP contribution in [0.3, 0.4) is 0 Å². The highest BCUT2D eigenvalue weighted by Gasteiger charge is 2.46. The van der Waals surface area contributed by atoms with Crippen LogP contribution < -0.4 is 31.9 Å². The number of fused-ring (bicyclic) bond motifs is 2. The number of nitrogens with zero attached hydrogens (tertiary/aromatic N) is 2. The quantitative estimate of drug-likeness (QED) is 0.0761. The van der Waals surface area contributed by atoms with Crippen molar-refractivity contribution in [2.24, 2.45) is 11.8 Å². The summed E-state index contributed by atoms with van der Waals surface area (Å²) in [7, 11) is 3.19. The van der Waals surface area contributed by atoms with E-state index in [1.165, 1.54) is 29.7 Å². The zero-order chi connectivity index (χ0) is 53.4. The normalized spacial score (nSPS) is 23.7. The fourth-order valence-electron chi connectivity index (χ4n) is 11.0. The van der Waals surface area contributed by atoms with Gasteiger partial charge in [-0.15, -0.1) is 0 Å². The minimum Gasteiger partial charge on any atom is -0.391 e. The SMILES string of the molecule is CN[C@@H](C)C(=O)N[C@H](C(=O)N1C[C@@H](CC(=O)c2cccc(C(=O)C[C@H]3C[C@@H](C(=O)N[C@@H]4CCCc5ccccc54)N(C(=O)[C@@H](NC(=O)[C@H](C)NC)[C@@H](C)O)C3)c2)C[C@H]1C(=O)NC1CCCc2ccccc21)[C@@H](C)O. The first-order chi connectivity index (χ1) is 35.4. The van der Waals surface area contributed by atoms with E-state index in [0.717, 1.165) is 47.9 Å². The average Bonchev–Trinajstić information content (AvgIpc) is 4.03. The minimum absolute atomic E-state index is 0.00375. The predicted octanol–water partition coefficient (Wildman–Crippen LogP) is 2.60. The molecular weight excluding hydrogens is 945 g/mol. The van der Waals surface area contributed by atoms with Gasteiger partial charge < -0.3 is 51.9 Å². The highest BCUT2D eigenvalue weighted by atomic mass is 16.3. The summed E-state index contributed by atoms with van der Waals surface area (Å²) in [5.41, 5.74) is 4.79. The third-order valence-corrected chi connectivity index (χ3v) is 15.5. The first-order valence-corrected chi connectivity index (χ1v) is 26.2. The minimum atomic E-state index is -1.36. The van der Waals surface area contributed by atoms with Crippen LogP contribution in [0.2, 0.25) is 0 Å². The number of benzene rings is 3. The first kappa shape index (κ1) is 55.4. The van der Waals surface area contributed by atoms with Gasteiger partial charge in [-0.2, -0.15) is 0 Å². The van der Waals surface area contributed by atoms with E-state index in [2.05, 4.69) is 31.9 Å². The molecule has 6 amide bonds. The van der Waals surface area contributed by atoms with Gasteiger partial charge in [0.15, 0.2) is 11.6 Å². The fraction of sp³-hybridized carbons (Fsp3) is 0.536. The molecule has 398 valence electrons. The van der Waals surface area contributed by atoms with Crippen molar-refractivity contribution in [3.63, 3.8) is 0 Å². The smallest absolute Gasteiger partial charge is 0.248 e. The Hall–Kier alpha value is -6.34. The molecule has 1 unspecified atom stereocenters. The topological polar surface area (TPSA) is 256 Å². The predicted molar refractivity (Wildman–Crippen MR) is 276 cm³/mol. The van der Waals surface area contributed by atoms with E-state index in [9.17, 15) is 48.6 Å². The van der Waals surface area contributed by atoms with Gasteiger partial charge in [-0.1, -0.05) is 66.7 Å². The number of carbonyl (C=O) groups excluding carboxylic acids is 8. The van der Waals surface area contributed by atoms with E-state index in [0.29, 0.717) is 12.8 Å². The number of amides is 6. The highest BCUT2D eigenvalue weighted by Crippen LogP contribution is 2.35. The number of aliphatic hydroxyl groups excluding tert-OH is 2. The molecule has 7 rings (SSSR count). The summed E-state index contributed by atoms with van der Waals surface area (Å²) in [6.45, 7) is 6.00. The van der Waals surface area contributed by atoms with Crippen LogP contribution in [0.15, 0.2) is 72.8 Å². The van der Waals surface area contributed by atoms with Crippen molar-refractivity contribution in [2.45, 2.75) is 152 Å². The van der Waals surface area contributed by atoms with Gasteiger partial charge in [-0.05, 0) is 133 Å². The maximum Gasteiger partial charge on any atom is 0.248 e. The van der Waals surface area contributed by atoms with Crippen LogP contribution in [0.25, 0.3) is 0 Å². The summed E-state index contributed by atoms with van der Waals surface area (Å²) < 4.78 is 0. The number of Topliss-reactive ketones (excluding diaryl/α,β-unsaturated/α-hetero) is 2. The maximum absolute atomic E-state index is 14.3. The molecule has 0 aromatic heterocycles. The summed E-state index contributed by atoms with van der Waals surface area (Å²) in [6, 6.07) is 15.5. The monoisotopic (exact) mass is 1020 g/mol. The molecule has 12 atom stereocenters. The number of aryl methyl sites for hydroxylation is 2. The molecule has 3 aromatic carbocycles. The van der Waals surface area contributed by atoms with Gasteiger partial charge >= 0.3 is 0 Å². The summed E-state index contributed by atoms with van der Waals surface area (Å²) in [6.07, 6.45) is 2.42. The standard InChI is InChI=1S/C56H74N8O10/c1-31(57-5)51(69)61-49(33(3)65)55(73)63-29-35(24-45(63)53(71)59-43-22-12-16-37-14-7-9-20-41(37)43)26-47(67)39-18-11-19-40(28-39)48(68)27-36-25-46(54(72)60-44-23-13-17-38-15-8-10-21-42(38)44)64(30-36)56(74)50(34(4)66)62-52(70)32(2)58-6/h7-11,14-15,18-21,28,31-36,43-46,49-50,57-58,65-66H,12-13,16-17,22-27,29-30H2,1-6H3,(H,59,71)(H,60,72)(H,61,69)(H,62,70)/t31-,32-,33+,34+,35+,36+,43+,44?,45-,46-,49-,50-/m0/s1. The number of likely N-dealkylation sites (N-methyl/N-ethyl adjacent to an activating group) is 2. The Kier molecular flexibility index (Phi) is 18.6. The van der Waals surface area contributed by atoms with Gasteiger partial charge in [-0.3, -0.25) is 38.4 Å². The molecular formula is C56H74N8O10. The van der Waals surface area contributed by atoms with E-state index in [1.807, 2.05) is 48.5 Å². The lowest BCUT2D eigenvalue weighted by molar-refractivity contribution is -0.144. The Morgan fingerprint density at radius 2 is 0.959 bits per heavy atom. The number of hydrogen-bond acceptors (Lipinski definition) is 12. The summed E-state index contributed by atoms with van der Waals surface area (Å²) in [4.78, 5) is 114. The average molecular weight is 1020 g/mol. The number of aliphatic hydroxyl groups is 2. The van der Waals surface area contributed by atoms with Crippen LogP contribution in [0.4, 0.5) is 0 Å². The summed E-state index contributed by atoms with van der Waals surface area (Å²) in [5, 5.41) is 38.9. The number of nitrogens with one attached hydrogen (secondary N) is 6. The number of rotatable bonds is 20. The van der Waals surface area contributed by atoms with E-state index >= 15 is 0 Å². The fourth-order valence-corrected chi connectivity index (χ4v) is 11.0. The Morgan fingerprint density at radius 1 is 0.568 bits per heavy atom. The Morgan fingerprint density at radius 3 is 1.34 bits per heavy atom.